The number of hydrogen-bond donors (Lipinski definition) is 1. The van der Waals surface area contributed by atoms with Crippen LogP contribution in [-0.2, 0) is 27.0 Å². The van der Waals surface area contributed by atoms with Crippen LogP contribution in [0.2, 0.25) is 0 Å². The zero-order chi connectivity index (χ0) is 15.2. The van der Waals surface area contributed by atoms with Gasteiger partial charge in [0, 0.05) is 13.0 Å². The van der Waals surface area contributed by atoms with Crippen LogP contribution in [-0.4, -0.2) is 19.0 Å². The van der Waals surface area contributed by atoms with Crippen LogP contribution in [0.25, 0.3) is 0 Å². The molecule has 1 rings (SSSR count). The van der Waals surface area contributed by atoms with Gasteiger partial charge < -0.3 is 10.1 Å². The first-order chi connectivity index (χ1) is 9.32. The Morgan fingerprint density at radius 3 is 2.55 bits per heavy atom. The summed E-state index contributed by atoms with van der Waals surface area (Å²) in [6.07, 6.45) is -4.54. The molecule has 0 bridgehead atoms. The van der Waals surface area contributed by atoms with E-state index in [-0.39, 0.29) is 19.4 Å². The molecule has 0 spiro atoms. The molecule has 0 saturated heterocycles. The van der Waals surface area contributed by atoms with Crippen molar-refractivity contribution in [3.8, 4) is 0 Å². The van der Waals surface area contributed by atoms with Crippen LogP contribution in [0, 0.1) is 0 Å². The summed E-state index contributed by atoms with van der Waals surface area (Å²) >= 11 is 0. The Labute approximate surface area is 113 Å². The minimum Gasteiger partial charge on any atom is -0.469 e. The topological polar surface area (TPSA) is 55.4 Å². The molecule has 4 nitrogen and oxygen atoms in total. The molecule has 0 radical (unpaired) electrons. The van der Waals surface area contributed by atoms with E-state index in [1.165, 1.54) is 19.2 Å². The number of carbonyl (C=O) groups is 2. The van der Waals surface area contributed by atoms with Gasteiger partial charge in [0.25, 0.3) is 0 Å². The van der Waals surface area contributed by atoms with E-state index >= 15 is 0 Å². The molecule has 1 N–H and O–H groups in total. The minimum atomic E-state index is -4.41. The molecule has 110 valence electrons. The van der Waals surface area contributed by atoms with Crippen molar-refractivity contribution in [3.05, 3.63) is 35.4 Å². The highest BCUT2D eigenvalue weighted by Crippen LogP contribution is 2.29. The predicted octanol–water partition coefficient (Wildman–Crippen LogP) is 2.27. The van der Waals surface area contributed by atoms with Gasteiger partial charge >= 0.3 is 12.1 Å². The lowest BCUT2D eigenvalue weighted by molar-refractivity contribution is -0.142. The Morgan fingerprint density at radius 2 is 1.95 bits per heavy atom. The van der Waals surface area contributed by atoms with Gasteiger partial charge in [0.15, 0.2) is 0 Å². The maximum absolute atomic E-state index is 12.5. The summed E-state index contributed by atoms with van der Waals surface area (Å²) in [6, 6.07) is 4.69. The summed E-state index contributed by atoms with van der Waals surface area (Å²) in [4.78, 5) is 22.2. The highest BCUT2D eigenvalue weighted by molar-refractivity contribution is 5.81. The summed E-state index contributed by atoms with van der Waals surface area (Å²) in [5, 5.41) is 2.44. The van der Waals surface area contributed by atoms with Gasteiger partial charge in [0.05, 0.1) is 19.1 Å². The Balaban J connectivity index is 2.50. The van der Waals surface area contributed by atoms with E-state index < -0.39 is 23.6 Å². The van der Waals surface area contributed by atoms with Crippen molar-refractivity contribution in [1.29, 1.82) is 0 Å². The number of alkyl halides is 3. The fourth-order valence-electron chi connectivity index (χ4n) is 1.46. The Bertz CT molecular complexity index is 486. The van der Waals surface area contributed by atoms with Gasteiger partial charge in [-0.25, -0.2) is 0 Å². The molecule has 0 heterocycles. The lowest BCUT2D eigenvalue weighted by Crippen LogP contribution is -2.23. The third-order valence-corrected chi connectivity index (χ3v) is 2.53. The predicted molar refractivity (Wildman–Crippen MR) is 64.5 cm³/mol. The SMILES string of the molecule is COC(=O)CCC(=O)NCc1cccc(C(F)(F)F)c1. The molecule has 1 aromatic carbocycles. The second-order valence-corrected chi connectivity index (χ2v) is 4.05. The Morgan fingerprint density at radius 1 is 1.25 bits per heavy atom. The largest absolute Gasteiger partial charge is 0.469 e. The van der Waals surface area contributed by atoms with Crippen LogP contribution in [0.4, 0.5) is 13.2 Å². The maximum Gasteiger partial charge on any atom is 0.416 e. The molecule has 0 aliphatic rings. The number of halogens is 3. The van der Waals surface area contributed by atoms with E-state index in [1.54, 1.807) is 0 Å². The third-order valence-electron chi connectivity index (χ3n) is 2.53. The van der Waals surface area contributed by atoms with Crippen LogP contribution in [0.1, 0.15) is 24.0 Å². The van der Waals surface area contributed by atoms with Gasteiger partial charge in [-0.1, -0.05) is 12.1 Å². The molecule has 0 atom stereocenters. The fraction of sp³-hybridized carbons (Fsp3) is 0.385. The van der Waals surface area contributed by atoms with Gasteiger partial charge in [0.1, 0.15) is 0 Å². The molecule has 0 aromatic heterocycles. The van der Waals surface area contributed by atoms with E-state index in [2.05, 4.69) is 10.1 Å². The molecule has 1 amide bonds. The minimum absolute atomic E-state index is 0.0239. The van der Waals surface area contributed by atoms with Crippen molar-refractivity contribution >= 4 is 11.9 Å². The van der Waals surface area contributed by atoms with E-state index in [4.69, 9.17) is 0 Å². The van der Waals surface area contributed by atoms with E-state index in [0.29, 0.717) is 5.56 Å². The van der Waals surface area contributed by atoms with Gasteiger partial charge in [0.2, 0.25) is 5.91 Å². The van der Waals surface area contributed by atoms with Crippen molar-refractivity contribution < 1.29 is 27.5 Å². The van der Waals surface area contributed by atoms with Crippen LogP contribution in [0.3, 0.4) is 0 Å². The quantitative estimate of drug-likeness (QED) is 0.846. The van der Waals surface area contributed by atoms with Gasteiger partial charge in [-0.15, -0.1) is 0 Å². The number of methoxy groups -OCH3 is 1. The van der Waals surface area contributed by atoms with E-state index in [0.717, 1.165) is 12.1 Å². The highest BCUT2D eigenvalue weighted by atomic mass is 19.4. The Hall–Kier alpha value is -2.05. The normalized spacial score (nSPS) is 11.0. The molecule has 0 aliphatic carbocycles. The molecule has 0 unspecified atom stereocenters. The molecule has 0 saturated carbocycles. The number of benzene rings is 1. The molecule has 0 fully saturated rings. The lowest BCUT2D eigenvalue weighted by Gasteiger charge is -2.09. The first-order valence-corrected chi connectivity index (χ1v) is 5.82. The van der Waals surface area contributed by atoms with Crippen LogP contribution >= 0.6 is 0 Å². The number of rotatable bonds is 5. The summed E-state index contributed by atoms with van der Waals surface area (Å²) in [6.45, 7) is -0.0239. The number of nitrogens with one attached hydrogen (secondary N) is 1. The van der Waals surface area contributed by atoms with Crippen LogP contribution in [0.5, 0.6) is 0 Å². The molecular weight excluding hydrogens is 275 g/mol. The van der Waals surface area contributed by atoms with Crippen LogP contribution < -0.4 is 5.32 Å². The standard InChI is InChI=1S/C13H14F3NO3/c1-20-12(19)6-5-11(18)17-8-9-3-2-4-10(7-9)13(14,15)16/h2-4,7H,5-6,8H2,1H3,(H,17,18). The summed E-state index contributed by atoms with van der Waals surface area (Å²) in [5.74, 6) is -0.938. The first-order valence-electron chi connectivity index (χ1n) is 5.82. The van der Waals surface area contributed by atoms with Crippen molar-refractivity contribution in [2.24, 2.45) is 0 Å². The molecule has 20 heavy (non-hydrogen) atoms. The summed E-state index contributed by atoms with van der Waals surface area (Å²) in [7, 11) is 1.21. The first kappa shape index (κ1) is 16.0. The average molecular weight is 289 g/mol. The molecule has 7 heteroatoms. The zero-order valence-corrected chi connectivity index (χ0v) is 10.8. The summed E-state index contributed by atoms with van der Waals surface area (Å²) < 4.78 is 41.8. The van der Waals surface area contributed by atoms with E-state index in [1.807, 2.05) is 0 Å². The van der Waals surface area contributed by atoms with Crippen molar-refractivity contribution in [2.45, 2.75) is 25.6 Å². The number of hydrogen-bond acceptors (Lipinski definition) is 3. The Kier molecular flexibility index (Phi) is 5.54. The van der Waals surface area contributed by atoms with Gasteiger partial charge in [-0.2, -0.15) is 13.2 Å². The molecule has 1 aromatic rings. The second-order valence-electron chi connectivity index (χ2n) is 4.05. The number of amides is 1. The fourth-order valence-corrected chi connectivity index (χ4v) is 1.46. The zero-order valence-electron chi connectivity index (χ0n) is 10.8. The van der Waals surface area contributed by atoms with Crippen molar-refractivity contribution in [1.82, 2.24) is 5.32 Å². The van der Waals surface area contributed by atoms with Gasteiger partial charge in [-0.05, 0) is 17.7 Å². The third kappa shape index (κ3) is 5.29. The van der Waals surface area contributed by atoms with Crippen molar-refractivity contribution in [3.63, 3.8) is 0 Å². The van der Waals surface area contributed by atoms with Crippen molar-refractivity contribution in [2.75, 3.05) is 7.11 Å². The monoisotopic (exact) mass is 289 g/mol. The number of ether oxygens (including phenoxy) is 1. The summed E-state index contributed by atoms with van der Waals surface area (Å²) in [5.41, 5.74) is -0.426. The van der Waals surface area contributed by atoms with Crippen LogP contribution in [0.15, 0.2) is 24.3 Å². The average Bonchev–Trinajstić information content (AvgIpc) is 2.41. The lowest BCUT2D eigenvalue weighted by atomic mass is 10.1. The number of esters is 1. The molecular formula is C13H14F3NO3. The van der Waals surface area contributed by atoms with Gasteiger partial charge in [-0.3, -0.25) is 9.59 Å². The second kappa shape index (κ2) is 6.93. The van der Waals surface area contributed by atoms with E-state index in [9.17, 15) is 22.8 Å². The molecule has 0 aliphatic heterocycles. The number of carbonyl (C=O) groups excluding carboxylic acids is 2. The maximum atomic E-state index is 12.5. The highest BCUT2D eigenvalue weighted by Gasteiger charge is 2.30. The smallest absolute Gasteiger partial charge is 0.416 e.